The topological polar surface area (TPSA) is 21.3 Å². The molecule has 0 bridgehead atoms. The van der Waals surface area contributed by atoms with E-state index in [1.807, 2.05) is 7.05 Å². The second-order valence-electron chi connectivity index (χ2n) is 5.29. The summed E-state index contributed by atoms with van der Waals surface area (Å²) in [7, 11) is 2.05. The highest BCUT2D eigenvalue weighted by atomic mass is 16.5. The molecule has 2 aliphatic rings. The molecule has 1 aliphatic carbocycles. The fourth-order valence-corrected chi connectivity index (χ4v) is 3.19. The van der Waals surface area contributed by atoms with Crippen LogP contribution < -0.4 is 10.1 Å². The molecule has 1 heterocycles. The average molecular weight is 231 g/mol. The maximum Gasteiger partial charge on any atom is 0.125 e. The number of hydrogen-bond donors (Lipinski definition) is 1. The summed E-state index contributed by atoms with van der Waals surface area (Å²) in [4.78, 5) is 0. The molecule has 0 radical (unpaired) electrons. The molecule has 1 saturated carbocycles. The summed E-state index contributed by atoms with van der Waals surface area (Å²) in [5, 5.41) is 3.31. The normalized spacial score (nSPS) is 26.9. The number of rotatable bonds is 3. The summed E-state index contributed by atoms with van der Waals surface area (Å²) in [6, 6.07) is 6.71. The standard InChI is InChI=1S/C15H21NO/c1-16-10-12-7-8-13(12)14-6-2-4-11-5-3-9-17-15(11)14/h2,4,6,12-13,16H,3,5,7-10H2,1H3. The van der Waals surface area contributed by atoms with Gasteiger partial charge in [-0.3, -0.25) is 0 Å². The monoisotopic (exact) mass is 231 g/mol. The number of nitrogens with one attached hydrogen (secondary N) is 1. The summed E-state index contributed by atoms with van der Waals surface area (Å²) < 4.78 is 5.92. The lowest BCUT2D eigenvalue weighted by Gasteiger charge is -2.38. The van der Waals surface area contributed by atoms with E-state index in [2.05, 4.69) is 23.5 Å². The van der Waals surface area contributed by atoms with Crippen molar-refractivity contribution in [2.45, 2.75) is 31.6 Å². The predicted octanol–water partition coefficient (Wildman–Crippen LogP) is 2.72. The first-order valence-electron chi connectivity index (χ1n) is 6.79. The van der Waals surface area contributed by atoms with Gasteiger partial charge in [0, 0.05) is 0 Å². The van der Waals surface area contributed by atoms with Crippen molar-refractivity contribution in [3.8, 4) is 5.75 Å². The van der Waals surface area contributed by atoms with Crippen LogP contribution in [0.2, 0.25) is 0 Å². The molecule has 2 unspecified atom stereocenters. The molecule has 0 amide bonds. The molecular weight excluding hydrogens is 210 g/mol. The third-order valence-corrected chi connectivity index (χ3v) is 4.25. The van der Waals surface area contributed by atoms with Gasteiger partial charge in [-0.25, -0.2) is 0 Å². The highest BCUT2D eigenvalue weighted by Gasteiger charge is 2.34. The Kier molecular flexibility index (Phi) is 3.06. The molecule has 0 saturated heterocycles. The molecule has 0 aromatic heterocycles. The first kappa shape index (κ1) is 11.1. The fourth-order valence-electron chi connectivity index (χ4n) is 3.19. The lowest BCUT2D eigenvalue weighted by Crippen LogP contribution is -2.32. The van der Waals surface area contributed by atoms with Crippen LogP contribution in [0.15, 0.2) is 18.2 Å². The smallest absolute Gasteiger partial charge is 0.125 e. The van der Waals surface area contributed by atoms with Gasteiger partial charge in [0.25, 0.3) is 0 Å². The minimum absolute atomic E-state index is 0.718. The molecular formula is C15H21NO. The highest BCUT2D eigenvalue weighted by molar-refractivity contribution is 5.45. The summed E-state index contributed by atoms with van der Waals surface area (Å²) in [5.41, 5.74) is 2.89. The highest BCUT2D eigenvalue weighted by Crippen LogP contribution is 2.47. The van der Waals surface area contributed by atoms with E-state index in [4.69, 9.17) is 4.74 Å². The van der Waals surface area contributed by atoms with E-state index in [1.54, 1.807) is 0 Å². The third-order valence-electron chi connectivity index (χ3n) is 4.25. The van der Waals surface area contributed by atoms with Crippen LogP contribution in [-0.4, -0.2) is 20.2 Å². The zero-order valence-electron chi connectivity index (χ0n) is 10.5. The Morgan fingerprint density at radius 1 is 1.35 bits per heavy atom. The Morgan fingerprint density at radius 3 is 3.06 bits per heavy atom. The largest absolute Gasteiger partial charge is 0.493 e. The second-order valence-corrected chi connectivity index (χ2v) is 5.29. The Morgan fingerprint density at radius 2 is 2.29 bits per heavy atom. The van der Waals surface area contributed by atoms with Crippen LogP contribution in [0, 0.1) is 5.92 Å². The molecule has 1 N–H and O–H groups in total. The molecule has 2 atom stereocenters. The zero-order valence-corrected chi connectivity index (χ0v) is 10.5. The van der Waals surface area contributed by atoms with Crippen LogP contribution in [0.25, 0.3) is 0 Å². The van der Waals surface area contributed by atoms with Gasteiger partial charge >= 0.3 is 0 Å². The molecule has 0 spiro atoms. The summed E-state index contributed by atoms with van der Waals surface area (Å²) in [5.74, 6) is 2.73. The Labute approximate surface area is 103 Å². The SMILES string of the molecule is CNCC1CCC1c1cccc2c1OCCC2. The quantitative estimate of drug-likeness (QED) is 0.863. The first-order valence-corrected chi connectivity index (χ1v) is 6.79. The van der Waals surface area contributed by atoms with Crippen molar-refractivity contribution in [1.82, 2.24) is 5.32 Å². The zero-order chi connectivity index (χ0) is 11.7. The van der Waals surface area contributed by atoms with Crippen molar-refractivity contribution < 1.29 is 4.74 Å². The van der Waals surface area contributed by atoms with Crippen molar-refractivity contribution in [1.29, 1.82) is 0 Å². The Balaban J connectivity index is 1.87. The molecule has 92 valence electrons. The average Bonchev–Trinajstić information content (AvgIpc) is 2.35. The molecule has 3 rings (SSSR count). The number of aryl methyl sites for hydroxylation is 1. The van der Waals surface area contributed by atoms with Crippen molar-refractivity contribution in [3.05, 3.63) is 29.3 Å². The number of fused-ring (bicyclic) bond motifs is 1. The van der Waals surface area contributed by atoms with Crippen molar-refractivity contribution in [2.24, 2.45) is 5.92 Å². The van der Waals surface area contributed by atoms with Gasteiger partial charge in [0.1, 0.15) is 5.75 Å². The van der Waals surface area contributed by atoms with Crippen LogP contribution in [0.4, 0.5) is 0 Å². The summed E-state index contributed by atoms with van der Waals surface area (Å²) in [6.07, 6.45) is 5.04. The maximum absolute atomic E-state index is 5.92. The van der Waals surface area contributed by atoms with Crippen LogP contribution >= 0.6 is 0 Å². The molecule has 1 fully saturated rings. The van der Waals surface area contributed by atoms with Crippen molar-refractivity contribution in [2.75, 3.05) is 20.2 Å². The fraction of sp³-hybridized carbons (Fsp3) is 0.600. The minimum Gasteiger partial charge on any atom is -0.493 e. The van der Waals surface area contributed by atoms with E-state index in [-0.39, 0.29) is 0 Å². The van der Waals surface area contributed by atoms with Crippen LogP contribution in [0.5, 0.6) is 5.75 Å². The van der Waals surface area contributed by atoms with E-state index < -0.39 is 0 Å². The van der Waals surface area contributed by atoms with Crippen LogP contribution in [0.1, 0.15) is 36.3 Å². The van der Waals surface area contributed by atoms with Gasteiger partial charge in [-0.05, 0) is 62.2 Å². The van der Waals surface area contributed by atoms with Gasteiger partial charge in [-0.2, -0.15) is 0 Å². The van der Waals surface area contributed by atoms with E-state index in [0.29, 0.717) is 0 Å². The van der Waals surface area contributed by atoms with Crippen LogP contribution in [0.3, 0.4) is 0 Å². The lowest BCUT2D eigenvalue weighted by atomic mass is 9.69. The van der Waals surface area contributed by atoms with Gasteiger partial charge in [-0.1, -0.05) is 18.2 Å². The molecule has 17 heavy (non-hydrogen) atoms. The molecule has 1 aromatic carbocycles. The van der Waals surface area contributed by atoms with Gasteiger partial charge in [-0.15, -0.1) is 0 Å². The number of ether oxygens (including phenoxy) is 1. The molecule has 1 aromatic rings. The third kappa shape index (κ3) is 1.95. The predicted molar refractivity (Wildman–Crippen MR) is 69.6 cm³/mol. The number of hydrogen-bond acceptors (Lipinski definition) is 2. The minimum atomic E-state index is 0.718. The van der Waals surface area contributed by atoms with Gasteiger partial charge in [0.2, 0.25) is 0 Å². The van der Waals surface area contributed by atoms with Gasteiger partial charge in [0.05, 0.1) is 6.61 Å². The van der Waals surface area contributed by atoms with Crippen LogP contribution in [-0.2, 0) is 6.42 Å². The van der Waals surface area contributed by atoms with Gasteiger partial charge < -0.3 is 10.1 Å². The number of benzene rings is 1. The molecule has 2 heteroatoms. The first-order chi connectivity index (χ1) is 8.40. The summed E-state index contributed by atoms with van der Waals surface area (Å²) >= 11 is 0. The second kappa shape index (κ2) is 4.69. The van der Waals surface area contributed by atoms with E-state index in [9.17, 15) is 0 Å². The molecule has 1 aliphatic heterocycles. The van der Waals surface area contributed by atoms with Crippen molar-refractivity contribution >= 4 is 0 Å². The Bertz CT molecular complexity index is 402. The maximum atomic E-state index is 5.92. The van der Waals surface area contributed by atoms with E-state index >= 15 is 0 Å². The molecule has 2 nitrogen and oxygen atoms in total. The Hall–Kier alpha value is -1.02. The van der Waals surface area contributed by atoms with E-state index in [1.165, 1.54) is 42.6 Å². The number of para-hydroxylation sites is 1. The van der Waals surface area contributed by atoms with Crippen molar-refractivity contribution in [3.63, 3.8) is 0 Å². The van der Waals surface area contributed by atoms with E-state index in [0.717, 1.165) is 25.0 Å². The van der Waals surface area contributed by atoms with Gasteiger partial charge in [0.15, 0.2) is 0 Å². The summed E-state index contributed by atoms with van der Waals surface area (Å²) in [6.45, 7) is 2.03. The lowest BCUT2D eigenvalue weighted by molar-refractivity contribution is 0.232.